The molecule has 1 aromatic carbocycles. The lowest BCUT2D eigenvalue weighted by Crippen LogP contribution is -2.23. The maximum absolute atomic E-state index is 4.41. The highest BCUT2D eigenvalue weighted by molar-refractivity contribution is 14.1. The molecule has 1 atom stereocenters. The van der Waals surface area contributed by atoms with Crippen LogP contribution in [0.1, 0.15) is 37.2 Å². The molecule has 1 aromatic heterocycles. The van der Waals surface area contributed by atoms with Crippen LogP contribution in [0.4, 0.5) is 0 Å². The summed E-state index contributed by atoms with van der Waals surface area (Å²) in [5.74, 6) is 1.15. The minimum atomic E-state index is 0.404. The van der Waals surface area contributed by atoms with Crippen LogP contribution in [0.15, 0.2) is 36.7 Å². The van der Waals surface area contributed by atoms with E-state index in [1.54, 1.807) is 0 Å². The highest BCUT2D eigenvalue weighted by Gasteiger charge is 2.12. The number of aromatic nitrogens is 2. The summed E-state index contributed by atoms with van der Waals surface area (Å²) in [4.78, 5) is 4.41. The number of rotatable bonds is 7. The first-order valence-corrected chi connectivity index (χ1v) is 8.23. The molecular weight excluding hydrogens is 361 g/mol. The minimum Gasteiger partial charge on any atom is -0.338 e. The van der Waals surface area contributed by atoms with Gasteiger partial charge in [-0.1, -0.05) is 19.1 Å². The summed E-state index contributed by atoms with van der Waals surface area (Å²) >= 11 is 2.38. The summed E-state index contributed by atoms with van der Waals surface area (Å²) in [6.45, 7) is 3.26. The van der Waals surface area contributed by atoms with E-state index in [0.717, 1.165) is 31.6 Å². The molecule has 108 valence electrons. The third-order valence-electron chi connectivity index (χ3n) is 3.47. The van der Waals surface area contributed by atoms with Crippen molar-refractivity contribution in [3.63, 3.8) is 0 Å². The van der Waals surface area contributed by atoms with Crippen LogP contribution in [0.5, 0.6) is 0 Å². The van der Waals surface area contributed by atoms with Gasteiger partial charge in [-0.25, -0.2) is 4.98 Å². The third-order valence-corrected chi connectivity index (χ3v) is 4.14. The Balaban J connectivity index is 2.05. The zero-order chi connectivity index (χ0) is 14.4. The maximum atomic E-state index is 4.41. The zero-order valence-electron chi connectivity index (χ0n) is 12.1. The molecule has 0 aliphatic rings. The van der Waals surface area contributed by atoms with Crippen molar-refractivity contribution in [2.24, 2.45) is 7.05 Å². The van der Waals surface area contributed by atoms with Crippen molar-refractivity contribution in [2.45, 2.75) is 32.2 Å². The number of nitrogens with one attached hydrogen (secondary N) is 1. The van der Waals surface area contributed by atoms with Gasteiger partial charge in [-0.05, 0) is 59.7 Å². The molecule has 4 heteroatoms. The second-order valence-electron chi connectivity index (χ2n) is 5.05. The molecule has 2 rings (SSSR count). The SMILES string of the molecule is CCCNC(CCc1nccn1C)c1cccc(I)c1. The number of imidazole rings is 1. The molecule has 0 radical (unpaired) electrons. The van der Waals surface area contributed by atoms with Crippen LogP contribution in [0.3, 0.4) is 0 Å². The number of aryl methyl sites for hydroxylation is 2. The Kier molecular flexibility index (Phi) is 6.04. The lowest BCUT2D eigenvalue weighted by molar-refractivity contribution is 0.491. The number of halogens is 1. The first-order chi connectivity index (χ1) is 9.70. The third kappa shape index (κ3) is 4.31. The predicted octanol–water partition coefficient (Wildman–Crippen LogP) is 3.70. The van der Waals surface area contributed by atoms with E-state index in [2.05, 4.69) is 75.7 Å². The molecule has 1 heterocycles. The van der Waals surface area contributed by atoms with Crippen LogP contribution in [0.2, 0.25) is 0 Å². The Hall–Kier alpha value is -0.880. The standard InChI is InChI=1S/C16H22IN3/c1-3-9-18-15(13-5-4-6-14(17)12-13)7-8-16-19-10-11-20(16)2/h4-6,10-12,15,18H,3,7-9H2,1-2H3. The Morgan fingerprint density at radius 2 is 2.25 bits per heavy atom. The molecule has 0 aliphatic heterocycles. The average Bonchev–Trinajstić information content (AvgIpc) is 2.84. The Labute approximate surface area is 134 Å². The highest BCUT2D eigenvalue weighted by atomic mass is 127. The summed E-state index contributed by atoms with van der Waals surface area (Å²) < 4.78 is 3.39. The van der Waals surface area contributed by atoms with E-state index in [9.17, 15) is 0 Å². The highest BCUT2D eigenvalue weighted by Crippen LogP contribution is 2.21. The Morgan fingerprint density at radius 3 is 2.90 bits per heavy atom. The smallest absolute Gasteiger partial charge is 0.108 e. The largest absolute Gasteiger partial charge is 0.338 e. The van der Waals surface area contributed by atoms with Crippen LogP contribution >= 0.6 is 22.6 Å². The first kappa shape index (κ1) is 15.5. The van der Waals surface area contributed by atoms with Crippen molar-refractivity contribution in [1.29, 1.82) is 0 Å². The maximum Gasteiger partial charge on any atom is 0.108 e. The van der Waals surface area contributed by atoms with Gasteiger partial charge in [0.1, 0.15) is 5.82 Å². The fourth-order valence-electron chi connectivity index (χ4n) is 2.34. The van der Waals surface area contributed by atoms with Crippen molar-refractivity contribution in [2.75, 3.05) is 6.54 Å². The lowest BCUT2D eigenvalue weighted by Gasteiger charge is -2.19. The molecule has 20 heavy (non-hydrogen) atoms. The van der Waals surface area contributed by atoms with E-state index >= 15 is 0 Å². The number of benzene rings is 1. The van der Waals surface area contributed by atoms with Crippen molar-refractivity contribution >= 4 is 22.6 Å². The van der Waals surface area contributed by atoms with E-state index in [1.165, 1.54) is 9.13 Å². The van der Waals surface area contributed by atoms with Crippen molar-refractivity contribution in [3.05, 3.63) is 51.6 Å². The van der Waals surface area contributed by atoms with Gasteiger partial charge in [0.05, 0.1) is 0 Å². The second-order valence-corrected chi connectivity index (χ2v) is 6.30. The van der Waals surface area contributed by atoms with Crippen LogP contribution in [0.25, 0.3) is 0 Å². The van der Waals surface area contributed by atoms with Gasteiger partial charge in [0, 0.05) is 35.5 Å². The minimum absolute atomic E-state index is 0.404. The lowest BCUT2D eigenvalue weighted by atomic mass is 10.0. The molecule has 0 saturated carbocycles. The second kappa shape index (κ2) is 7.78. The van der Waals surface area contributed by atoms with Gasteiger partial charge in [0.25, 0.3) is 0 Å². The molecule has 0 fully saturated rings. The molecule has 0 aliphatic carbocycles. The van der Waals surface area contributed by atoms with Crippen molar-refractivity contribution in [1.82, 2.24) is 14.9 Å². The van der Waals surface area contributed by atoms with Gasteiger partial charge in [-0.3, -0.25) is 0 Å². The van der Waals surface area contributed by atoms with Crippen LogP contribution in [-0.4, -0.2) is 16.1 Å². The Morgan fingerprint density at radius 1 is 1.40 bits per heavy atom. The van der Waals surface area contributed by atoms with Gasteiger partial charge in [0.2, 0.25) is 0 Å². The zero-order valence-corrected chi connectivity index (χ0v) is 14.3. The van der Waals surface area contributed by atoms with Crippen LogP contribution in [-0.2, 0) is 13.5 Å². The van der Waals surface area contributed by atoms with Gasteiger partial charge in [-0.2, -0.15) is 0 Å². The molecule has 0 bridgehead atoms. The molecule has 1 N–H and O–H groups in total. The monoisotopic (exact) mass is 383 g/mol. The molecule has 0 saturated heterocycles. The summed E-state index contributed by atoms with van der Waals surface area (Å²) in [5, 5.41) is 3.65. The number of hydrogen-bond donors (Lipinski definition) is 1. The molecule has 0 spiro atoms. The van der Waals surface area contributed by atoms with Gasteiger partial charge >= 0.3 is 0 Å². The van der Waals surface area contributed by atoms with Gasteiger partial charge < -0.3 is 9.88 Å². The van der Waals surface area contributed by atoms with E-state index in [4.69, 9.17) is 0 Å². The average molecular weight is 383 g/mol. The van der Waals surface area contributed by atoms with E-state index in [-0.39, 0.29) is 0 Å². The van der Waals surface area contributed by atoms with E-state index in [1.807, 2.05) is 12.4 Å². The molecular formula is C16H22IN3. The van der Waals surface area contributed by atoms with Gasteiger partial charge in [-0.15, -0.1) is 0 Å². The van der Waals surface area contributed by atoms with E-state index < -0.39 is 0 Å². The first-order valence-electron chi connectivity index (χ1n) is 7.15. The van der Waals surface area contributed by atoms with E-state index in [0.29, 0.717) is 6.04 Å². The molecule has 0 amide bonds. The predicted molar refractivity (Wildman–Crippen MR) is 91.7 cm³/mol. The summed E-state index contributed by atoms with van der Waals surface area (Å²) in [6, 6.07) is 9.17. The number of hydrogen-bond acceptors (Lipinski definition) is 2. The normalized spacial score (nSPS) is 12.6. The quantitative estimate of drug-likeness (QED) is 0.739. The van der Waals surface area contributed by atoms with Crippen molar-refractivity contribution in [3.8, 4) is 0 Å². The summed E-state index contributed by atoms with van der Waals surface area (Å²) in [5.41, 5.74) is 1.37. The fraction of sp³-hybridized carbons (Fsp3) is 0.438. The van der Waals surface area contributed by atoms with Crippen LogP contribution < -0.4 is 5.32 Å². The molecule has 1 unspecified atom stereocenters. The molecule has 3 nitrogen and oxygen atoms in total. The van der Waals surface area contributed by atoms with Crippen molar-refractivity contribution < 1.29 is 0 Å². The Bertz CT molecular complexity index is 536. The van der Waals surface area contributed by atoms with Gasteiger partial charge in [0.15, 0.2) is 0 Å². The summed E-state index contributed by atoms with van der Waals surface area (Å²) in [7, 11) is 2.06. The topological polar surface area (TPSA) is 29.9 Å². The van der Waals surface area contributed by atoms with Crippen LogP contribution in [0, 0.1) is 3.57 Å². The number of nitrogens with zero attached hydrogens (tertiary/aromatic N) is 2. The fourth-order valence-corrected chi connectivity index (χ4v) is 2.91. The molecule has 2 aromatic rings. The summed E-state index contributed by atoms with van der Waals surface area (Å²) in [6.07, 6.45) is 7.11.